The van der Waals surface area contributed by atoms with Crippen LogP contribution in [0.4, 0.5) is 4.79 Å². The summed E-state index contributed by atoms with van der Waals surface area (Å²) >= 11 is 5.90. The van der Waals surface area contributed by atoms with Gasteiger partial charge in [-0.05, 0) is 60.2 Å². The van der Waals surface area contributed by atoms with E-state index in [-0.39, 0.29) is 5.58 Å². The Morgan fingerprint density at radius 3 is 2.45 bits per heavy atom. The first-order valence-corrected chi connectivity index (χ1v) is 11.3. The molecule has 0 aliphatic heterocycles. The molecule has 3 aromatic carbocycles. The van der Waals surface area contributed by atoms with Crippen molar-refractivity contribution in [1.29, 1.82) is 0 Å². The molecule has 0 fully saturated rings. The number of aliphatic hydroxyl groups excluding tert-OH is 1. The Balaban J connectivity index is 1.36. The lowest BCUT2D eigenvalue weighted by Gasteiger charge is -2.11. The van der Waals surface area contributed by atoms with E-state index in [4.69, 9.17) is 16.0 Å². The van der Waals surface area contributed by atoms with E-state index in [9.17, 15) is 14.7 Å². The minimum Gasteiger partial charge on any atom is -0.407 e. The van der Waals surface area contributed by atoms with Crippen LogP contribution in [0, 0.1) is 0 Å². The fourth-order valence-electron chi connectivity index (χ4n) is 3.79. The Morgan fingerprint density at radius 2 is 1.70 bits per heavy atom. The molecular formula is C26H25ClN2O4. The Morgan fingerprint density at radius 1 is 0.970 bits per heavy atom. The van der Waals surface area contributed by atoms with Gasteiger partial charge in [0, 0.05) is 11.6 Å². The van der Waals surface area contributed by atoms with Crippen LogP contribution in [0.1, 0.15) is 42.1 Å². The van der Waals surface area contributed by atoms with Crippen molar-refractivity contribution in [2.45, 2.75) is 31.8 Å². The Labute approximate surface area is 196 Å². The van der Waals surface area contributed by atoms with E-state index in [2.05, 4.69) is 17.4 Å². The van der Waals surface area contributed by atoms with E-state index < -0.39 is 17.9 Å². The number of aromatic nitrogens is 1. The lowest BCUT2D eigenvalue weighted by molar-refractivity contribution is 0.220. The number of carbonyl (C=O) groups excluding carboxylic acids is 1. The predicted octanol–water partition coefficient (Wildman–Crippen LogP) is 5.30. The monoisotopic (exact) mass is 464 g/mol. The lowest BCUT2D eigenvalue weighted by atomic mass is 10.0. The highest BCUT2D eigenvalue weighted by atomic mass is 35.5. The van der Waals surface area contributed by atoms with Gasteiger partial charge in [0.15, 0.2) is 5.58 Å². The normalized spacial score (nSPS) is 12.1. The van der Waals surface area contributed by atoms with Crippen LogP contribution < -0.4 is 11.1 Å². The maximum absolute atomic E-state index is 12.6. The summed E-state index contributed by atoms with van der Waals surface area (Å²) in [4.78, 5) is 24.9. The molecule has 4 aromatic rings. The molecule has 0 aliphatic rings. The second-order valence-electron chi connectivity index (χ2n) is 7.91. The van der Waals surface area contributed by atoms with Gasteiger partial charge in [-0.1, -0.05) is 66.6 Å². The number of hydrogen-bond donors (Lipinski definition) is 2. The van der Waals surface area contributed by atoms with Gasteiger partial charge in [-0.25, -0.2) is 9.59 Å². The third-order valence-electron chi connectivity index (χ3n) is 5.57. The van der Waals surface area contributed by atoms with Gasteiger partial charge in [0.1, 0.15) is 6.10 Å². The van der Waals surface area contributed by atoms with Crippen molar-refractivity contribution in [2.75, 3.05) is 6.54 Å². The molecule has 2 N–H and O–H groups in total. The summed E-state index contributed by atoms with van der Waals surface area (Å²) in [5.74, 6) is -0.760. The first-order chi connectivity index (χ1) is 16.0. The van der Waals surface area contributed by atoms with Crippen molar-refractivity contribution in [2.24, 2.45) is 0 Å². The molecule has 170 valence electrons. The fraction of sp³-hybridized carbons (Fsp3) is 0.231. The smallest absolute Gasteiger partial charge is 0.407 e. The second-order valence-corrected chi connectivity index (χ2v) is 8.35. The van der Waals surface area contributed by atoms with E-state index in [0.717, 1.165) is 30.3 Å². The summed E-state index contributed by atoms with van der Waals surface area (Å²) in [6.45, 7) is 0.472. The summed E-state index contributed by atoms with van der Waals surface area (Å²) in [5.41, 5.74) is 3.10. The maximum Gasteiger partial charge on any atom is 0.428 e. The minimum atomic E-state index is -0.912. The summed E-state index contributed by atoms with van der Waals surface area (Å²) < 4.78 is 6.26. The highest BCUT2D eigenvalue weighted by Gasteiger charge is 2.18. The highest BCUT2D eigenvalue weighted by molar-refractivity contribution is 6.30. The van der Waals surface area contributed by atoms with Gasteiger partial charge in [0.05, 0.1) is 5.52 Å². The number of rotatable bonds is 8. The van der Waals surface area contributed by atoms with Crippen molar-refractivity contribution in [1.82, 2.24) is 9.88 Å². The second kappa shape index (κ2) is 10.5. The molecule has 0 radical (unpaired) electrons. The number of fused-ring (bicyclic) bond motifs is 1. The molecule has 33 heavy (non-hydrogen) atoms. The average molecular weight is 465 g/mol. The third kappa shape index (κ3) is 5.53. The van der Waals surface area contributed by atoms with Crippen LogP contribution in [-0.2, 0) is 6.42 Å². The molecule has 1 amide bonds. The predicted molar refractivity (Wildman–Crippen MR) is 129 cm³/mol. The third-order valence-corrected chi connectivity index (χ3v) is 5.82. The molecule has 0 saturated heterocycles. The zero-order valence-electron chi connectivity index (χ0n) is 18.0. The van der Waals surface area contributed by atoms with E-state index in [0.29, 0.717) is 28.2 Å². The highest BCUT2D eigenvalue weighted by Crippen LogP contribution is 2.26. The molecule has 0 aliphatic carbocycles. The van der Waals surface area contributed by atoms with Gasteiger partial charge in [-0.15, -0.1) is 0 Å². The molecule has 1 atom stereocenters. The van der Waals surface area contributed by atoms with Gasteiger partial charge in [0.2, 0.25) is 0 Å². The molecule has 0 bridgehead atoms. The van der Waals surface area contributed by atoms with Crippen molar-refractivity contribution in [3.63, 3.8) is 0 Å². The van der Waals surface area contributed by atoms with E-state index in [1.165, 1.54) is 5.56 Å². The number of amides is 1. The number of aryl methyl sites for hydroxylation is 1. The van der Waals surface area contributed by atoms with E-state index in [1.807, 2.05) is 18.2 Å². The van der Waals surface area contributed by atoms with E-state index >= 15 is 0 Å². The number of hydrogen-bond acceptors (Lipinski definition) is 4. The molecule has 1 unspecified atom stereocenters. The molecule has 7 heteroatoms. The van der Waals surface area contributed by atoms with Crippen LogP contribution >= 0.6 is 11.6 Å². The summed E-state index contributed by atoms with van der Waals surface area (Å²) in [6, 6.07) is 21.5. The molecule has 6 nitrogen and oxygen atoms in total. The van der Waals surface area contributed by atoms with Gasteiger partial charge >= 0.3 is 11.8 Å². The van der Waals surface area contributed by atoms with Gasteiger partial charge in [-0.3, -0.25) is 0 Å². The van der Waals surface area contributed by atoms with Crippen molar-refractivity contribution < 1.29 is 14.3 Å². The number of aliphatic hydroxyl groups is 1. The summed E-state index contributed by atoms with van der Waals surface area (Å²) in [7, 11) is 0. The Hall–Kier alpha value is -3.35. The molecule has 4 rings (SSSR count). The topological polar surface area (TPSA) is 84.5 Å². The van der Waals surface area contributed by atoms with Gasteiger partial charge < -0.3 is 14.8 Å². The first kappa shape index (κ1) is 22.8. The SMILES string of the molecule is O=C(NCCCCCc1ccccc1)n1c(=O)oc2cc(C(O)c3ccc(Cl)cc3)ccc21. The quantitative estimate of drug-likeness (QED) is 0.346. The molecule has 1 heterocycles. The number of oxazole rings is 1. The molecular weight excluding hydrogens is 440 g/mol. The van der Waals surface area contributed by atoms with Crippen LogP contribution in [0.15, 0.2) is 82.0 Å². The first-order valence-electron chi connectivity index (χ1n) is 10.9. The summed E-state index contributed by atoms with van der Waals surface area (Å²) in [6.07, 6.45) is 2.92. The molecule has 1 aromatic heterocycles. The largest absolute Gasteiger partial charge is 0.428 e. The molecule has 0 spiro atoms. The zero-order chi connectivity index (χ0) is 23.2. The van der Waals surface area contributed by atoms with E-state index in [1.54, 1.807) is 42.5 Å². The summed E-state index contributed by atoms with van der Waals surface area (Å²) in [5, 5.41) is 14.0. The zero-order valence-corrected chi connectivity index (χ0v) is 18.8. The number of halogens is 1. The minimum absolute atomic E-state index is 0.239. The number of nitrogens with zero attached hydrogens (tertiary/aromatic N) is 1. The Kier molecular flexibility index (Phi) is 7.27. The number of nitrogens with one attached hydrogen (secondary N) is 1. The number of unbranched alkanes of at least 4 members (excludes halogenated alkanes) is 2. The van der Waals surface area contributed by atoms with Crippen LogP contribution in [0.2, 0.25) is 5.02 Å². The van der Waals surface area contributed by atoms with Crippen molar-refractivity contribution >= 4 is 28.7 Å². The van der Waals surface area contributed by atoms with Gasteiger partial charge in [0.25, 0.3) is 0 Å². The average Bonchev–Trinajstić information content (AvgIpc) is 3.16. The lowest BCUT2D eigenvalue weighted by Crippen LogP contribution is -2.34. The standard InChI is InChI=1S/C26H25ClN2O4/c27-21-13-10-19(11-14-21)24(30)20-12-15-22-23(17-20)33-26(32)29(22)25(31)28-16-6-2-5-9-18-7-3-1-4-8-18/h1,3-4,7-8,10-15,17,24,30H,2,5-6,9,16H2,(H,28,31). The van der Waals surface area contributed by atoms with Crippen LogP contribution in [0.5, 0.6) is 0 Å². The number of carbonyl (C=O) groups is 1. The Bertz CT molecular complexity index is 1280. The van der Waals surface area contributed by atoms with Crippen LogP contribution in [-0.4, -0.2) is 22.2 Å². The van der Waals surface area contributed by atoms with Crippen molar-refractivity contribution in [3.05, 3.63) is 105 Å². The maximum atomic E-state index is 12.6. The molecule has 0 saturated carbocycles. The van der Waals surface area contributed by atoms with Crippen LogP contribution in [0.3, 0.4) is 0 Å². The van der Waals surface area contributed by atoms with Crippen LogP contribution in [0.25, 0.3) is 11.1 Å². The fourth-order valence-corrected chi connectivity index (χ4v) is 3.91. The van der Waals surface area contributed by atoms with Crippen molar-refractivity contribution in [3.8, 4) is 0 Å². The number of benzene rings is 3. The van der Waals surface area contributed by atoms with Gasteiger partial charge in [-0.2, -0.15) is 4.57 Å².